The number of benzene rings is 1. The lowest BCUT2D eigenvalue weighted by Crippen LogP contribution is -2.39. The summed E-state index contributed by atoms with van der Waals surface area (Å²) in [6.45, 7) is 4.63. The number of nitrogens with zero attached hydrogens (tertiary/aromatic N) is 2. The van der Waals surface area contributed by atoms with Gasteiger partial charge in [0.15, 0.2) is 0 Å². The van der Waals surface area contributed by atoms with Gasteiger partial charge in [0, 0.05) is 18.7 Å². The summed E-state index contributed by atoms with van der Waals surface area (Å²) in [5.41, 5.74) is 2.29. The number of ether oxygens (including phenoxy) is 1. The molecule has 1 aliphatic rings. The average molecular weight is 273 g/mol. The Kier molecular flexibility index (Phi) is 4.08. The van der Waals surface area contributed by atoms with Crippen molar-refractivity contribution in [2.75, 3.05) is 19.7 Å². The summed E-state index contributed by atoms with van der Waals surface area (Å²) < 4.78 is 10.9. The summed E-state index contributed by atoms with van der Waals surface area (Å²) in [7, 11) is 0. The van der Waals surface area contributed by atoms with E-state index in [-0.39, 0.29) is 6.10 Å². The Morgan fingerprint density at radius 1 is 1.30 bits per heavy atom. The van der Waals surface area contributed by atoms with E-state index >= 15 is 0 Å². The van der Waals surface area contributed by atoms with Crippen LogP contribution in [0.5, 0.6) is 0 Å². The second kappa shape index (κ2) is 6.15. The van der Waals surface area contributed by atoms with Gasteiger partial charge in [0.05, 0.1) is 19.1 Å². The molecule has 1 N–H and O–H groups in total. The van der Waals surface area contributed by atoms with Gasteiger partial charge in [-0.05, 0) is 12.0 Å². The molecule has 2 aromatic rings. The van der Waals surface area contributed by atoms with Crippen LogP contribution >= 0.6 is 0 Å². The van der Waals surface area contributed by atoms with Gasteiger partial charge in [-0.15, -0.1) is 0 Å². The highest BCUT2D eigenvalue weighted by molar-refractivity contribution is 5.54. The van der Waals surface area contributed by atoms with Gasteiger partial charge in [-0.1, -0.05) is 36.3 Å². The van der Waals surface area contributed by atoms with E-state index in [9.17, 15) is 0 Å². The molecule has 3 rings (SSSR count). The molecule has 0 bridgehead atoms. The molecule has 5 nitrogen and oxygen atoms in total. The van der Waals surface area contributed by atoms with Crippen LogP contribution in [0.1, 0.15) is 18.4 Å². The molecule has 0 saturated carbocycles. The molecule has 1 aromatic carbocycles. The van der Waals surface area contributed by atoms with Crippen molar-refractivity contribution in [1.29, 1.82) is 0 Å². The van der Waals surface area contributed by atoms with Crippen LogP contribution in [0.2, 0.25) is 0 Å². The first-order chi connectivity index (χ1) is 9.85. The predicted octanol–water partition coefficient (Wildman–Crippen LogP) is 1.83. The summed E-state index contributed by atoms with van der Waals surface area (Å²) >= 11 is 0. The lowest BCUT2D eigenvalue weighted by molar-refractivity contribution is 0.0246. The van der Waals surface area contributed by atoms with Crippen LogP contribution in [0.3, 0.4) is 0 Å². The maximum absolute atomic E-state index is 5.64. The third kappa shape index (κ3) is 3.05. The Morgan fingerprint density at radius 2 is 2.15 bits per heavy atom. The fraction of sp³-hybridized carbons (Fsp3) is 0.467. The van der Waals surface area contributed by atoms with E-state index in [0.29, 0.717) is 18.1 Å². The lowest BCUT2D eigenvalue weighted by atomic mass is 10.1. The van der Waals surface area contributed by atoms with Crippen LogP contribution < -0.4 is 5.32 Å². The molecule has 0 aliphatic carbocycles. The third-order valence-corrected chi connectivity index (χ3v) is 3.50. The molecular formula is C15H19N3O2. The highest BCUT2D eigenvalue weighted by Crippen LogP contribution is 2.17. The Hall–Kier alpha value is -1.72. The molecule has 1 unspecified atom stereocenters. The molecule has 1 aromatic heterocycles. The van der Waals surface area contributed by atoms with E-state index in [1.54, 1.807) is 0 Å². The van der Waals surface area contributed by atoms with E-state index in [2.05, 4.69) is 34.5 Å². The van der Waals surface area contributed by atoms with Gasteiger partial charge in [-0.2, -0.15) is 4.98 Å². The Labute approximate surface area is 118 Å². The van der Waals surface area contributed by atoms with E-state index in [0.717, 1.165) is 31.7 Å². The minimum Gasteiger partial charge on any atom is -0.375 e. The molecule has 1 saturated heterocycles. The van der Waals surface area contributed by atoms with Crippen molar-refractivity contribution in [3.05, 3.63) is 35.7 Å². The van der Waals surface area contributed by atoms with Crippen LogP contribution in [-0.2, 0) is 17.6 Å². The van der Waals surface area contributed by atoms with Gasteiger partial charge in [-0.3, -0.25) is 0 Å². The smallest absolute Gasteiger partial charge is 0.229 e. The van der Waals surface area contributed by atoms with Gasteiger partial charge in [0.2, 0.25) is 11.7 Å². The van der Waals surface area contributed by atoms with Crippen LogP contribution in [-0.4, -0.2) is 35.9 Å². The number of hydrogen-bond acceptors (Lipinski definition) is 5. The molecule has 5 heteroatoms. The highest BCUT2D eigenvalue weighted by Gasteiger charge is 2.18. The average Bonchev–Trinajstić information content (AvgIpc) is 2.97. The topological polar surface area (TPSA) is 60.2 Å². The predicted molar refractivity (Wildman–Crippen MR) is 75.4 cm³/mol. The molecule has 20 heavy (non-hydrogen) atoms. The van der Waals surface area contributed by atoms with Gasteiger partial charge in [0.1, 0.15) is 0 Å². The first-order valence-electron chi connectivity index (χ1n) is 7.09. The van der Waals surface area contributed by atoms with Crippen molar-refractivity contribution < 1.29 is 9.26 Å². The van der Waals surface area contributed by atoms with Crippen LogP contribution in [0.4, 0.5) is 0 Å². The largest absolute Gasteiger partial charge is 0.375 e. The number of nitrogens with one attached hydrogen (secondary N) is 1. The zero-order chi connectivity index (χ0) is 13.8. The molecule has 1 aliphatic heterocycles. The van der Waals surface area contributed by atoms with E-state index < -0.39 is 0 Å². The van der Waals surface area contributed by atoms with Gasteiger partial charge >= 0.3 is 0 Å². The molecule has 106 valence electrons. The van der Waals surface area contributed by atoms with E-state index in [1.807, 2.05) is 12.1 Å². The molecule has 1 fully saturated rings. The van der Waals surface area contributed by atoms with Gasteiger partial charge in [-0.25, -0.2) is 0 Å². The van der Waals surface area contributed by atoms with Crippen LogP contribution in [0.15, 0.2) is 28.8 Å². The second-order valence-corrected chi connectivity index (χ2v) is 4.96. The quantitative estimate of drug-likeness (QED) is 0.921. The Bertz CT molecular complexity index is 545. The number of morpholine rings is 1. The maximum atomic E-state index is 5.64. The van der Waals surface area contributed by atoms with E-state index in [4.69, 9.17) is 9.26 Å². The number of rotatable bonds is 4. The number of aryl methyl sites for hydroxylation is 1. The minimum atomic E-state index is 0.125. The first-order valence-corrected chi connectivity index (χ1v) is 7.09. The highest BCUT2D eigenvalue weighted by atomic mass is 16.5. The number of aromatic nitrogens is 2. The van der Waals surface area contributed by atoms with Crippen molar-refractivity contribution in [3.8, 4) is 11.4 Å². The summed E-state index contributed by atoms with van der Waals surface area (Å²) in [5, 5.41) is 7.34. The fourth-order valence-corrected chi connectivity index (χ4v) is 2.29. The summed E-state index contributed by atoms with van der Waals surface area (Å²) in [4.78, 5) is 4.44. The zero-order valence-electron chi connectivity index (χ0n) is 11.6. The van der Waals surface area contributed by atoms with Crippen LogP contribution in [0, 0.1) is 0 Å². The summed E-state index contributed by atoms with van der Waals surface area (Å²) in [6.07, 6.45) is 1.82. The van der Waals surface area contributed by atoms with Gasteiger partial charge in [0.25, 0.3) is 0 Å². The van der Waals surface area contributed by atoms with Crippen molar-refractivity contribution in [1.82, 2.24) is 15.5 Å². The zero-order valence-corrected chi connectivity index (χ0v) is 11.6. The second-order valence-electron chi connectivity index (χ2n) is 4.96. The monoisotopic (exact) mass is 273 g/mol. The summed E-state index contributed by atoms with van der Waals surface area (Å²) in [6, 6.07) is 8.26. The first kappa shape index (κ1) is 13.3. The Morgan fingerprint density at radius 3 is 2.85 bits per heavy atom. The van der Waals surface area contributed by atoms with Crippen molar-refractivity contribution >= 4 is 0 Å². The Balaban J connectivity index is 1.68. The van der Waals surface area contributed by atoms with Gasteiger partial charge < -0.3 is 14.6 Å². The normalized spacial score (nSPS) is 19.1. The standard InChI is InChI=1S/C15H19N3O2/c1-2-11-3-5-12(6-4-11)15-17-14(20-18-15)9-13-10-16-7-8-19-13/h3-6,13,16H,2,7-10H2,1H3. The molecular weight excluding hydrogens is 254 g/mol. The molecule has 0 spiro atoms. The summed E-state index contributed by atoms with van der Waals surface area (Å²) in [5.74, 6) is 1.28. The third-order valence-electron chi connectivity index (χ3n) is 3.50. The minimum absolute atomic E-state index is 0.125. The van der Waals surface area contributed by atoms with E-state index in [1.165, 1.54) is 5.56 Å². The fourth-order valence-electron chi connectivity index (χ4n) is 2.29. The SMILES string of the molecule is CCc1ccc(-c2noc(CC3CNCCO3)n2)cc1. The molecule has 2 heterocycles. The molecule has 0 amide bonds. The van der Waals surface area contributed by atoms with Crippen molar-refractivity contribution in [2.45, 2.75) is 25.9 Å². The lowest BCUT2D eigenvalue weighted by Gasteiger charge is -2.21. The number of hydrogen-bond donors (Lipinski definition) is 1. The van der Waals surface area contributed by atoms with Crippen molar-refractivity contribution in [2.24, 2.45) is 0 Å². The molecule has 1 atom stereocenters. The maximum Gasteiger partial charge on any atom is 0.229 e. The van der Waals surface area contributed by atoms with Crippen molar-refractivity contribution in [3.63, 3.8) is 0 Å². The molecule has 0 radical (unpaired) electrons. The van der Waals surface area contributed by atoms with Crippen LogP contribution in [0.25, 0.3) is 11.4 Å².